The summed E-state index contributed by atoms with van der Waals surface area (Å²) < 4.78 is 1.51. The van der Waals surface area contributed by atoms with Crippen molar-refractivity contribution in [3.05, 3.63) is 28.2 Å². The highest BCUT2D eigenvalue weighted by atomic mass is 35.5. The first-order valence-corrected chi connectivity index (χ1v) is 6.27. The summed E-state index contributed by atoms with van der Waals surface area (Å²) in [6, 6.07) is 5.00. The fraction of sp³-hybridized carbons (Fsp3) is 0.273. The van der Waals surface area contributed by atoms with Crippen LogP contribution in [0, 0.1) is 0 Å². The summed E-state index contributed by atoms with van der Waals surface area (Å²) in [6.45, 7) is 0.400. The lowest BCUT2D eigenvalue weighted by molar-refractivity contribution is -0.137. The van der Waals surface area contributed by atoms with Gasteiger partial charge in [-0.15, -0.1) is 5.10 Å². The number of aromatic nitrogens is 4. The molecule has 8 heteroatoms. The van der Waals surface area contributed by atoms with Gasteiger partial charge in [-0.3, -0.25) is 4.79 Å². The zero-order chi connectivity index (χ0) is 13.8. The molecule has 0 aliphatic carbocycles. The molecule has 6 nitrogen and oxygen atoms in total. The van der Waals surface area contributed by atoms with E-state index < -0.39 is 5.97 Å². The van der Waals surface area contributed by atoms with Crippen molar-refractivity contribution in [3.8, 4) is 11.4 Å². The van der Waals surface area contributed by atoms with E-state index >= 15 is 0 Å². The second kappa shape index (κ2) is 5.99. The van der Waals surface area contributed by atoms with Crippen LogP contribution in [0.4, 0.5) is 0 Å². The van der Waals surface area contributed by atoms with Gasteiger partial charge in [0.15, 0.2) is 5.82 Å². The molecular formula is C11H10Cl2N4O2. The van der Waals surface area contributed by atoms with Crippen molar-refractivity contribution in [3.63, 3.8) is 0 Å². The van der Waals surface area contributed by atoms with Gasteiger partial charge in [0.25, 0.3) is 0 Å². The van der Waals surface area contributed by atoms with Crippen LogP contribution in [-0.2, 0) is 11.3 Å². The highest BCUT2D eigenvalue weighted by molar-refractivity contribution is 6.35. The lowest BCUT2D eigenvalue weighted by Gasteiger charge is -2.05. The number of carboxylic acid groups (broad SMARTS) is 1. The van der Waals surface area contributed by atoms with E-state index in [1.165, 1.54) is 4.68 Å². The number of tetrazole rings is 1. The van der Waals surface area contributed by atoms with E-state index in [0.717, 1.165) is 0 Å². The minimum absolute atomic E-state index is 0.0581. The second-order valence-electron chi connectivity index (χ2n) is 3.85. The Balaban J connectivity index is 2.23. The zero-order valence-corrected chi connectivity index (χ0v) is 11.3. The van der Waals surface area contributed by atoms with Crippen LogP contribution in [0.3, 0.4) is 0 Å². The van der Waals surface area contributed by atoms with Crippen LogP contribution in [0.5, 0.6) is 0 Å². The molecule has 0 bridgehead atoms. The third-order valence-electron chi connectivity index (χ3n) is 2.46. The maximum Gasteiger partial charge on any atom is 0.303 e. The molecule has 0 amide bonds. The Morgan fingerprint density at radius 2 is 2.16 bits per heavy atom. The lowest BCUT2D eigenvalue weighted by atomic mass is 10.2. The molecular weight excluding hydrogens is 291 g/mol. The normalized spacial score (nSPS) is 10.6. The molecule has 1 aromatic carbocycles. The Hall–Kier alpha value is -1.66. The molecule has 0 aliphatic heterocycles. The number of hydrogen-bond acceptors (Lipinski definition) is 4. The van der Waals surface area contributed by atoms with Gasteiger partial charge in [0, 0.05) is 23.6 Å². The molecule has 2 aromatic rings. The van der Waals surface area contributed by atoms with Crippen molar-refractivity contribution in [2.45, 2.75) is 19.4 Å². The van der Waals surface area contributed by atoms with Gasteiger partial charge in [-0.05, 0) is 35.0 Å². The molecule has 0 unspecified atom stereocenters. The molecule has 1 aromatic heterocycles. The standard InChI is InChI=1S/C11H10Cl2N4O2/c12-7-3-4-9(13)8(6-7)11-14-15-16-17(11)5-1-2-10(18)19/h3-4,6H,1-2,5H2,(H,18,19). The molecule has 100 valence electrons. The fourth-order valence-electron chi connectivity index (χ4n) is 1.60. The van der Waals surface area contributed by atoms with E-state index in [1.807, 2.05) is 0 Å². The number of rotatable bonds is 5. The predicted molar refractivity (Wildman–Crippen MR) is 70.1 cm³/mol. The predicted octanol–water partition coefficient (Wildman–Crippen LogP) is 2.51. The van der Waals surface area contributed by atoms with Crippen molar-refractivity contribution in [2.24, 2.45) is 0 Å². The minimum Gasteiger partial charge on any atom is -0.481 e. The van der Waals surface area contributed by atoms with Gasteiger partial charge in [0.2, 0.25) is 0 Å². The van der Waals surface area contributed by atoms with Crippen LogP contribution in [0.25, 0.3) is 11.4 Å². The number of nitrogens with zero attached hydrogens (tertiary/aromatic N) is 4. The van der Waals surface area contributed by atoms with Crippen molar-refractivity contribution >= 4 is 29.2 Å². The van der Waals surface area contributed by atoms with Crippen LogP contribution in [-0.4, -0.2) is 31.3 Å². The molecule has 1 heterocycles. The first kappa shape index (κ1) is 13.8. The largest absolute Gasteiger partial charge is 0.481 e. The molecule has 0 fully saturated rings. The quantitative estimate of drug-likeness (QED) is 0.917. The first-order valence-electron chi connectivity index (χ1n) is 5.51. The third kappa shape index (κ3) is 3.42. The van der Waals surface area contributed by atoms with E-state index in [9.17, 15) is 4.79 Å². The molecule has 0 atom stereocenters. The average molecular weight is 301 g/mol. The monoisotopic (exact) mass is 300 g/mol. The molecule has 0 saturated heterocycles. The van der Waals surface area contributed by atoms with Crippen LogP contribution in [0.15, 0.2) is 18.2 Å². The summed E-state index contributed by atoms with van der Waals surface area (Å²) in [7, 11) is 0. The minimum atomic E-state index is -0.851. The summed E-state index contributed by atoms with van der Waals surface area (Å²) in [5.41, 5.74) is 0.620. The van der Waals surface area contributed by atoms with E-state index in [1.54, 1.807) is 18.2 Å². The van der Waals surface area contributed by atoms with E-state index in [0.29, 0.717) is 34.4 Å². The summed E-state index contributed by atoms with van der Waals surface area (Å²) in [4.78, 5) is 10.5. The Morgan fingerprint density at radius 3 is 2.89 bits per heavy atom. The third-order valence-corrected chi connectivity index (χ3v) is 3.03. The van der Waals surface area contributed by atoms with Gasteiger partial charge in [-0.2, -0.15) is 0 Å². The second-order valence-corrected chi connectivity index (χ2v) is 4.69. The van der Waals surface area contributed by atoms with Crippen LogP contribution in [0.1, 0.15) is 12.8 Å². The van der Waals surface area contributed by atoms with Gasteiger partial charge in [0.05, 0.1) is 5.02 Å². The number of aliphatic carboxylic acids is 1. The number of aryl methyl sites for hydroxylation is 1. The van der Waals surface area contributed by atoms with Crippen molar-refractivity contribution in [2.75, 3.05) is 0 Å². The molecule has 0 spiro atoms. The highest BCUT2D eigenvalue weighted by Crippen LogP contribution is 2.28. The number of benzene rings is 1. The molecule has 19 heavy (non-hydrogen) atoms. The average Bonchev–Trinajstić information content (AvgIpc) is 2.80. The van der Waals surface area contributed by atoms with Crippen LogP contribution >= 0.6 is 23.2 Å². The van der Waals surface area contributed by atoms with Gasteiger partial charge >= 0.3 is 5.97 Å². The lowest BCUT2D eigenvalue weighted by Crippen LogP contribution is -2.05. The van der Waals surface area contributed by atoms with E-state index in [4.69, 9.17) is 28.3 Å². The smallest absolute Gasteiger partial charge is 0.303 e. The van der Waals surface area contributed by atoms with E-state index in [2.05, 4.69) is 15.5 Å². The maximum atomic E-state index is 10.5. The Bertz CT molecular complexity index is 600. The Morgan fingerprint density at radius 1 is 1.37 bits per heavy atom. The van der Waals surface area contributed by atoms with Crippen LogP contribution < -0.4 is 0 Å². The van der Waals surface area contributed by atoms with Crippen molar-refractivity contribution in [1.82, 2.24) is 20.2 Å². The van der Waals surface area contributed by atoms with Crippen LogP contribution in [0.2, 0.25) is 10.0 Å². The maximum absolute atomic E-state index is 10.5. The Labute approximate surface area is 118 Å². The number of halogens is 2. The fourth-order valence-corrected chi connectivity index (χ4v) is 1.97. The van der Waals surface area contributed by atoms with Gasteiger partial charge < -0.3 is 5.11 Å². The molecule has 0 saturated carbocycles. The Kier molecular flexibility index (Phi) is 4.34. The molecule has 0 radical (unpaired) electrons. The molecule has 1 N–H and O–H groups in total. The van der Waals surface area contributed by atoms with Gasteiger partial charge in [0.1, 0.15) is 0 Å². The number of carbonyl (C=O) groups is 1. The SMILES string of the molecule is O=C(O)CCCn1nnnc1-c1cc(Cl)ccc1Cl. The van der Waals surface area contributed by atoms with Gasteiger partial charge in [-0.1, -0.05) is 23.2 Å². The first-order chi connectivity index (χ1) is 9.08. The summed E-state index contributed by atoms with van der Waals surface area (Å²) in [6.07, 6.45) is 0.494. The van der Waals surface area contributed by atoms with E-state index in [-0.39, 0.29) is 6.42 Å². The zero-order valence-electron chi connectivity index (χ0n) is 9.75. The summed E-state index contributed by atoms with van der Waals surface area (Å²) in [5, 5.41) is 20.9. The van der Waals surface area contributed by atoms with Crippen molar-refractivity contribution in [1.29, 1.82) is 0 Å². The number of hydrogen-bond donors (Lipinski definition) is 1. The highest BCUT2D eigenvalue weighted by Gasteiger charge is 2.13. The molecule has 2 rings (SSSR count). The topological polar surface area (TPSA) is 80.9 Å². The summed E-state index contributed by atoms with van der Waals surface area (Å²) in [5.74, 6) is -0.381. The summed E-state index contributed by atoms with van der Waals surface area (Å²) >= 11 is 12.0. The number of carboxylic acids is 1. The van der Waals surface area contributed by atoms with Crippen molar-refractivity contribution < 1.29 is 9.90 Å². The molecule has 0 aliphatic rings. The van der Waals surface area contributed by atoms with Gasteiger partial charge in [-0.25, -0.2) is 4.68 Å².